The van der Waals surface area contributed by atoms with Crippen molar-refractivity contribution in [1.29, 1.82) is 0 Å². The van der Waals surface area contributed by atoms with E-state index >= 15 is 0 Å². The second-order valence-corrected chi connectivity index (χ2v) is 7.57. The smallest absolute Gasteiger partial charge is 0.263 e. The lowest BCUT2D eigenvalue weighted by molar-refractivity contribution is -0.118. The van der Waals surface area contributed by atoms with Crippen molar-refractivity contribution in [2.24, 2.45) is 0 Å². The van der Waals surface area contributed by atoms with Gasteiger partial charge in [-0.2, -0.15) is 5.10 Å². The summed E-state index contributed by atoms with van der Waals surface area (Å²) in [4.78, 5) is 25.3. The number of nitrogens with zero attached hydrogens (tertiary/aromatic N) is 2. The first kappa shape index (κ1) is 21.8. The number of amides is 2. The van der Waals surface area contributed by atoms with E-state index in [1.165, 1.54) is 0 Å². The number of aryl methyl sites for hydroxylation is 2. The second-order valence-electron chi connectivity index (χ2n) is 7.57. The van der Waals surface area contributed by atoms with E-state index in [0.29, 0.717) is 22.8 Å². The molecule has 0 aliphatic heterocycles. The third-order valence-corrected chi connectivity index (χ3v) is 4.90. The number of nitrogens with one attached hydrogen (secondary N) is 2. The number of hydrogen-bond donors (Lipinski definition) is 2. The maximum absolute atomic E-state index is 12.7. The van der Waals surface area contributed by atoms with Crippen LogP contribution in [0.5, 0.6) is 5.75 Å². The Hall–Kier alpha value is -4.39. The molecule has 0 bridgehead atoms. The first-order valence-electron chi connectivity index (χ1n) is 10.5. The molecule has 2 N–H and O–H groups in total. The van der Waals surface area contributed by atoms with Gasteiger partial charge in [0.1, 0.15) is 11.6 Å². The van der Waals surface area contributed by atoms with Crippen LogP contribution < -0.4 is 15.4 Å². The number of hydrogen-bond acceptors (Lipinski definition) is 4. The lowest BCUT2D eigenvalue weighted by atomic mass is 10.2. The normalized spacial score (nSPS) is 10.5. The van der Waals surface area contributed by atoms with Crippen LogP contribution in [0.3, 0.4) is 0 Å². The van der Waals surface area contributed by atoms with Crippen molar-refractivity contribution in [3.05, 3.63) is 102 Å². The highest BCUT2D eigenvalue weighted by molar-refractivity contribution is 6.06. The van der Waals surface area contributed by atoms with E-state index in [1.54, 1.807) is 47.1 Å². The molecule has 0 atom stereocenters. The molecule has 4 aromatic rings. The third kappa shape index (κ3) is 5.46. The Labute approximate surface area is 192 Å². The SMILES string of the molecule is Cc1ccc(-n2nc(C)cc2NC(=O)COc2ccccc2C(=O)Nc2ccccc2)cc1. The maximum Gasteiger partial charge on any atom is 0.263 e. The topological polar surface area (TPSA) is 85.2 Å². The molecule has 0 fully saturated rings. The highest BCUT2D eigenvalue weighted by atomic mass is 16.5. The van der Waals surface area contributed by atoms with Gasteiger partial charge in [0.2, 0.25) is 0 Å². The molecule has 33 heavy (non-hydrogen) atoms. The van der Waals surface area contributed by atoms with E-state index in [-0.39, 0.29) is 18.4 Å². The van der Waals surface area contributed by atoms with Crippen molar-refractivity contribution < 1.29 is 14.3 Å². The predicted octanol–water partition coefficient (Wildman–Crippen LogP) is 4.76. The minimum Gasteiger partial charge on any atom is -0.483 e. The molecular weight excluding hydrogens is 416 g/mol. The molecule has 166 valence electrons. The molecule has 0 saturated carbocycles. The predicted molar refractivity (Wildman–Crippen MR) is 128 cm³/mol. The van der Waals surface area contributed by atoms with Gasteiger partial charge in [-0.3, -0.25) is 9.59 Å². The van der Waals surface area contributed by atoms with Crippen molar-refractivity contribution in [3.63, 3.8) is 0 Å². The lowest BCUT2D eigenvalue weighted by Gasteiger charge is -2.12. The Kier molecular flexibility index (Phi) is 6.50. The van der Waals surface area contributed by atoms with Gasteiger partial charge in [0.25, 0.3) is 11.8 Å². The number of ether oxygens (including phenoxy) is 1. The number of carbonyl (C=O) groups is 2. The van der Waals surface area contributed by atoms with Gasteiger partial charge in [0.05, 0.1) is 16.9 Å². The van der Waals surface area contributed by atoms with Crippen molar-refractivity contribution in [2.75, 3.05) is 17.2 Å². The summed E-state index contributed by atoms with van der Waals surface area (Å²) in [6, 6.07) is 25.6. The Bertz CT molecular complexity index is 1260. The standard InChI is InChI=1S/C26H24N4O3/c1-18-12-14-21(15-13-18)30-24(16-19(2)29-30)28-25(31)17-33-23-11-7-6-10-22(23)26(32)27-20-8-4-3-5-9-20/h3-16H,17H2,1-2H3,(H,27,32)(H,28,31). The van der Waals surface area contributed by atoms with Crippen LogP contribution in [-0.4, -0.2) is 28.2 Å². The van der Waals surface area contributed by atoms with Crippen LogP contribution in [-0.2, 0) is 4.79 Å². The molecule has 2 amide bonds. The molecule has 0 unspecified atom stereocenters. The fourth-order valence-corrected chi connectivity index (χ4v) is 3.29. The number of benzene rings is 3. The van der Waals surface area contributed by atoms with Crippen molar-refractivity contribution >= 4 is 23.3 Å². The van der Waals surface area contributed by atoms with Gasteiger partial charge in [-0.15, -0.1) is 0 Å². The van der Waals surface area contributed by atoms with E-state index in [1.807, 2.05) is 56.3 Å². The van der Waals surface area contributed by atoms with Crippen LogP contribution in [0.1, 0.15) is 21.6 Å². The van der Waals surface area contributed by atoms with E-state index < -0.39 is 0 Å². The van der Waals surface area contributed by atoms with Gasteiger partial charge < -0.3 is 15.4 Å². The molecule has 4 rings (SSSR count). The van der Waals surface area contributed by atoms with Gasteiger partial charge in [0, 0.05) is 11.8 Å². The van der Waals surface area contributed by atoms with Crippen molar-refractivity contribution in [1.82, 2.24) is 9.78 Å². The Balaban J connectivity index is 1.43. The molecule has 0 saturated heterocycles. The van der Waals surface area contributed by atoms with Gasteiger partial charge in [-0.05, 0) is 50.2 Å². The summed E-state index contributed by atoms with van der Waals surface area (Å²) in [7, 11) is 0. The van der Waals surface area contributed by atoms with Crippen LogP contribution in [0.2, 0.25) is 0 Å². The summed E-state index contributed by atoms with van der Waals surface area (Å²) in [5.41, 5.74) is 3.77. The average molecular weight is 441 g/mol. The molecule has 1 aromatic heterocycles. The van der Waals surface area contributed by atoms with E-state index in [4.69, 9.17) is 4.74 Å². The molecular formula is C26H24N4O3. The number of para-hydroxylation sites is 2. The fraction of sp³-hybridized carbons (Fsp3) is 0.115. The summed E-state index contributed by atoms with van der Waals surface area (Å²) < 4.78 is 7.37. The highest BCUT2D eigenvalue weighted by Gasteiger charge is 2.15. The quantitative estimate of drug-likeness (QED) is 0.434. The number of rotatable bonds is 7. The van der Waals surface area contributed by atoms with Crippen molar-refractivity contribution in [3.8, 4) is 11.4 Å². The summed E-state index contributed by atoms with van der Waals surface area (Å²) in [6.45, 7) is 3.61. The largest absolute Gasteiger partial charge is 0.483 e. The summed E-state index contributed by atoms with van der Waals surface area (Å²) in [5, 5.41) is 10.1. The van der Waals surface area contributed by atoms with Gasteiger partial charge >= 0.3 is 0 Å². The zero-order valence-electron chi connectivity index (χ0n) is 18.4. The van der Waals surface area contributed by atoms with Gasteiger partial charge in [0.15, 0.2) is 6.61 Å². The molecule has 3 aromatic carbocycles. The van der Waals surface area contributed by atoms with Crippen LogP contribution in [0, 0.1) is 13.8 Å². The zero-order valence-corrected chi connectivity index (χ0v) is 18.4. The molecule has 7 heteroatoms. The zero-order chi connectivity index (χ0) is 23.2. The lowest BCUT2D eigenvalue weighted by Crippen LogP contribution is -2.23. The molecule has 7 nitrogen and oxygen atoms in total. The van der Waals surface area contributed by atoms with E-state index in [2.05, 4.69) is 15.7 Å². The Morgan fingerprint density at radius 3 is 2.33 bits per heavy atom. The first-order chi connectivity index (χ1) is 16.0. The second kappa shape index (κ2) is 9.82. The molecule has 0 aliphatic carbocycles. The van der Waals surface area contributed by atoms with E-state index in [9.17, 15) is 9.59 Å². The minimum absolute atomic E-state index is 0.256. The van der Waals surface area contributed by atoms with Gasteiger partial charge in [-0.25, -0.2) is 4.68 Å². The summed E-state index contributed by atoms with van der Waals surface area (Å²) in [5.74, 6) is 0.191. The Morgan fingerprint density at radius 1 is 0.879 bits per heavy atom. The van der Waals surface area contributed by atoms with Crippen LogP contribution in [0.25, 0.3) is 5.69 Å². The van der Waals surface area contributed by atoms with Crippen LogP contribution in [0.4, 0.5) is 11.5 Å². The van der Waals surface area contributed by atoms with Crippen LogP contribution >= 0.6 is 0 Å². The van der Waals surface area contributed by atoms with E-state index in [0.717, 1.165) is 16.9 Å². The number of carbonyl (C=O) groups excluding carboxylic acids is 2. The van der Waals surface area contributed by atoms with Crippen LogP contribution in [0.15, 0.2) is 84.9 Å². The number of aromatic nitrogens is 2. The molecule has 0 aliphatic rings. The molecule has 0 spiro atoms. The summed E-state index contributed by atoms with van der Waals surface area (Å²) >= 11 is 0. The minimum atomic E-state index is -0.360. The Morgan fingerprint density at radius 2 is 1.58 bits per heavy atom. The number of anilines is 2. The highest BCUT2D eigenvalue weighted by Crippen LogP contribution is 2.21. The molecule has 1 heterocycles. The maximum atomic E-state index is 12.7. The molecule has 0 radical (unpaired) electrons. The average Bonchev–Trinajstić information content (AvgIpc) is 3.18. The van der Waals surface area contributed by atoms with Gasteiger partial charge in [-0.1, -0.05) is 48.0 Å². The van der Waals surface area contributed by atoms with Crippen molar-refractivity contribution in [2.45, 2.75) is 13.8 Å². The summed E-state index contributed by atoms with van der Waals surface area (Å²) in [6.07, 6.45) is 0. The fourth-order valence-electron chi connectivity index (χ4n) is 3.29. The first-order valence-corrected chi connectivity index (χ1v) is 10.5. The third-order valence-electron chi connectivity index (χ3n) is 4.90. The monoisotopic (exact) mass is 440 g/mol.